The first-order chi connectivity index (χ1) is 22.5. The van der Waals surface area contributed by atoms with Crippen LogP contribution in [0.25, 0.3) is 11.1 Å². The summed E-state index contributed by atoms with van der Waals surface area (Å²) >= 11 is 0. The van der Waals surface area contributed by atoms with E-state index in [0.717, 1.165) is 12.1 Å². The number of hydrogen-bond donors (Lipinski definition) is 2. The van der Waals surface area contributed by atoms with Crippen LogP contribution in [0.3, 0.4) is 0 Å². The van der Waals surface area contributed by atoms with Crippen LogP contribution in [0.4, 0.5) is 22.0 Å². The molecule has 0 radical (unpaired) electrons. The van der Waals surface area contributed by atoms with E-state index in [0.29, 0.717) is 15.2 Å². The number of aliphatic carboxylic acids is 1. The van der Waals surface area contributed by atoms with Gasteiger partial charge in [0.1, 0.15) is 5.82 Å². The maximum absolute atomic E-state index is 15.6. The number of halogens is 5. The molecule has 2 atom stereocenters. The lowest BCUT2D eigenvalue weighted by atomic mass is 10.0. The Morgan fingerprint density at radius 3 is 2.36 bits per heavy atom. The molecule has 2 N–H and O–H groups in total. The highest BCUT2D eigenvalue weighted by Gasteiger charge is 2.35. The van der Waals surface area contributed by atoms with E-state index in [1.165, 1.54) is 44.4 Å². The third kappa shape index (κ3) is 7.31. The second-order valence-electron chi connectivity index (χ2n) is 9.88. The number of hydrogen-bond acceptors (Lipinski definition) is 5. The molecule has 3 aromatic carbocycles. The quantitative estimate of drug-likeness (QED) is 0.199. The van der Waals surface area contributed by atoms with Gasteiger partial charge in [-0.15, -0.1) is 0 Å². The topological polar surface area (TPSA) is 103 Å². The fourth-order valence-electron chi connectivity index (χ4n) is 4.86. The predicted molar refractivity (Wildman–Crippen MR) is 156 cm³/mol. The Balaban J connectivity index is 2.00. The number of nitrogens with one attached hydrogen (secondary N) is 1. The molecule has 0 saturated carbocycles. The van der Waals surface area contributed by atoms with Crippen LogP contribution in [0.2, 0.25) is 0 Å². The van der Waals surface area contributed by atoms with Gasteiger partial charge in [-0.2, -0.15) is 13.2 Å². The van der Waals surface area contributed by atoms with Gasteiger partial charge in [0, 0.05) is 27.4 Å². The Hall–Kier alpha value is -4.78. The molecule has 1 aromatic heterocycles. The van der Waals surface area contributed by atoms with Gasteiger partial charge in [0.05, 0.1) is 37.4 Å². The summed E-state index contributed by atoms with van der Waals surface area (Å²) in [6, 6.07) is 12.4. The van der Waals surface area contributed by atoms with E-state index >= 15 is 8.78 Å². The molecule has 45 heavy (non-hydrogen) atoms. The molecule has 4 aromatic rings. The van der Waals surface area contributed by atoms with Crippen molar-refractivity contribution in [3.63, 3.8) is 0 Å². The van der Waals surface area contributed by atoms with Crippen molar-refractivity contribution in [1.29, 1.82) is 0 Å². The maximum atomic E-state index is 15.6. The molecule has 4 rings (SSSR count). The van der Waals surface area contributed by atoms with Gasteiger partial charge in [-0.25, -0.2) is 13.6 Å². The van der Waals surface area contributed by atoms with Gasteiger partial charge in [0.25, 0.3) is 5.56 Å². The minimum atomic E-state index is -5.03. The first kappa shape index (κ1) is 29.0. The van der Waals surface area contributed by atoms with Crippen molar-refractivity contribution in [2.24, 2.45) is 0 Å². The zero-order valence-corrected chi connectivity index (χ0v) is 24.0. The fraction of sp³-hybridized carbons (Fsp3) is 0.281. The summed E-state index contributed by atoms with van der Waals surface area (Å²) in [5.41, 5.74) is -5.48. The van der Waals surface area contributed by atoms with E-state index in [1.54, 1.807) is 18.2 Å². The molecule has 0 spiro atoms. The number of nitrogens with zero attached hydrogens (tertiary/aromatic N) is 2. The normalized spacial score (nSPS) is 14.2. The number of rotatable bonds is 12. The highest BCUT2D eigenvalue weighted by Crippen LogP contribution is 2.34. The molecule has 0 amide bonds. The van der Waals surface area contributed by atoms with Crippen LogP contribution in [0.15, 0.2) is 76.3 Å². The Bertz CT molecular complexity index is 1930. The smallest absolute Gasteiger partial charge is 0.416 e. The Morgan fingerprint density at radius 2 is 1.71 bits per heavy atom. The lowest BCUT2D eigenvalue weighted by Gasteiger charge is -2.23. The van der Waals surface area contributed by atoms with Crippen molar-refractivity contribution < 1.29 is 40.7 Å². The third-order valence-corrected chi connectivity index (χ3v) is 7.08. The van der Waals surface area contributed by atoms with E-state index in [4.69, 9.17) is 14.0 Å². The molecular formula is C32H30F5N3O5. The molecule has 238 valence electrons. The molecule has 0 aliphatic carbocycles. The summed E-state index contributed by atoms with van der Waals surface area (Å²) in [5.74, 6) is -4.06. The summed E-state index contributed by atoms with van der Waals surface area (Å²) in [6.45, 7) is -3.26. The minimum absolute atomic E-state index is 0.282. The molecule has 1 heterocycles. The molecule has 0 saturated heterocycles. The fourth-order valence-corrected chi connectivity index (χ4v) is 4.86. The summed E-state index contributed by atoms with van der Waals surface area (Å²) in [7, 11) is 1.17. The minimum Gasteiger partial charge on any atom is -0.494 e. The number of benzene rings is 3. The van der Waals surface area contributed by atoms with Gasteiger partial charge in [0.15, 0.2) is 11.6 Å². The number of carbonyl (C=O) groups is 1. The highest BCUT2D eigenvalue weighted by molar-refractivity contribution is 5.68. The Kier molecular flexibility index (Phi) is 8.94. The first-order valence-corrected chi connectivity index (χ1v) is 13.5. The molecular weight excluding hydrogens is 601 g/mol. The van der Waals surface area contributed by atoms with Crippen molar-refractivity contribution >= 4 is 5.97 Å². The second-order valence-corrected chi connectivity index (χ2v) is 9.88. The van der Waals surface area contributed by atoms with Gasteiger partial charge in [-0.1, -0.05) is 48.5 Å². The third-order valence-electron chi connectivity index (χ3n) is 7.08. The van der Waals surface area contributed by atoms with Crippen molar-refractivity contribution in [2.75, 3.05) is 13.6 Å². The van der Waals surface area contributed by atoms with Gasteiger partial charge in [0.2, 0.25) is 0 Å². The van der Waals surface area contributed by atoms with Crippen molar-refractivity contribution in [3.05, 3.63) is 122 Å². The number of ether oxygens (including phenoxy) is 1. The molecule has 13 heteroatoms. The van der Waals surface area contributed by atoms with Crippen molar-refractivity contribution in [3.8, 4) is 16.9 Å². The number of methoxy groups -OCH3 is 1. The number of carboxylic acids is 1. The zero-order chi connectivity index (χ0) is 35.6. The maximum Gasteiger partial charge on any atom is 0.416 e. The lowest BCUT2D eigenvalue weighted by molar-refractivity contribution is -0.138. The van der Waals surface area contributed by atoms with Gasteiger partial charge < -0.3 is 15.2 Å². The summed E-state index contributed by atoms with van der Waals surface area (Å²) in [4.78, 5) is 39.4. The van der Waals surface area contributed by atoms with Crippen LogP contribution in [0.5, 0.6) is 5.75 Å². The summed E-state index contributed by atoms with van der Waals surface area (Å²) < 4.78 is 104. The number of alkyl halides is 3. The van der Waals surface area contributed by atoms with Gasteiger partial charge >= 0.3 is 17.8 Å². The van der Waals surface area contributed by atoms with Crippen molar-refractivity contribution in [2.45, 2.75) is 45.0 Å². The number of carboxylic acid groups (broad SMARTS) is 1. The predicted octanol–water partition coefficient (Wildman–Crippen LogP) is 5.54. The SMILES string of the molecule is [2H]C(CC(=O)O)C([2H])([2H])N[C@H](Cn1c(=O)c(-c2cccc(OC)c2F)c(C)n(Cc2c(F)cccc2C(F)(F)F)c1=O)c1ccccc1. The average Bonchev–Trinajstić information content (AvgIpc) is 3.01. The summed E-state index contributed by atoms with van der Waals surface area (Å²) in [6.07, 6.45) is -7.78. The zero-order valence-electron chi connectivity index (χ0n) is 27.0. The van der Waals surface area contributed by atoms with E-state index in [-0.39, 0.29) is 22.6 Å². The highest BCUT2D eigenvalue weighted by atomic mass is 19.4. The van der Waals surface area contributed by atoms with Gasteiger partial charge in [-0.3, -0.25) is 18.7 Å². The van der Waals surface area contributed by atoms with Crippen molar-refractivity contribution in [1.82, 2.24) is 14.5 Å². The molecule has 0 aliphatic rings. The Labute approximate surface area is 258 Å². The van der Waals surface area contributed by atoms with E-state index in [1.807, 2.05) is 0 Å². The molecule has 0 bridgehead atoms. The second kappa shape index (κ2) is 13.9. The van der Waals surface area contributed by atoms with Crippen LogP contribution in [-0.2, 0) is 24.1 Å². The van der Waals surface area contributed by atoms with Crippen LogP contribution in [0, 0.1) is 18.6 Å². The van der Waals surface area contributed by atoms with E-state index < -0.39 is 90.2 Å². The van der Waals surface area contributed by atoms with Crippen LogP contribution in [-0.4, -0.2) is 33.8 Å². The Morgan fingerprint density at radius 1 is 1.02 bits per heavy atom. The van der Waals surface area contributed by atoms with Crippen LogP contribution >= 0.6 is 0 Å². The number of aromatic nitrogens is 2. The molecule has 1 unspecified atom stereocenters. The first-order valence-electron chi connectivity index (χ1n) is 15.0. The van der Waals surface area contributed by atoms with E-state index in [2.05, 4.69) is 5.32 Å². The monoisotopic (exact) mass is 634 g/mol. The molecule has 0 aliphatic heterocycles. The molecule has 0 fully saturated rings. The average molecular weight is 635 g/mol. The van der Waals surface area contributed by atoms with Crippen LogP contribution < -0.4 is 21.3 Å². The summed E-state index contributed by atoms with van der Waals surface area (Å²) in [5, 5.41) is 11.6. The van der Waals surface area contributed by atoms with E-state index in [9.17, 15) is 27.6 Å². The van der Waals surface area contributed by atoms with Crippen LogP contribution in [0.1, 0.15) is 45.4 Å². The van der Waals surface area contributed by atoms with Gasteiger partial charge in [-0.05, 0) is 43.6 Å². The molecule has 8 nitrogen and oxygen atoms in total. The largest absolute Gasteiger partial charge is 0.494 e. The standard InChI is InChI=1S/C32H30F5N3O5/c1-19-28(21-11-6-14-26(45-2)29(21)34)30(43)40(18-25(20-9-4-3-5-10-20)38-16-8-15-27(41)42)31(44)39(19)17-22-23(32(35,36)37)12-7-13-24(22)33/h3-7,9-14,25,38H,8,15-18H2,1-2H3,(H,41,42)/t25-/m1/s1/i8D,16D2/t8?,25-. The lowest BCUT2D eigenvalue weighted by Crippen LogP contribution is -2.45.